The fourth-order valence-electron chi connectivity index (χ4n) is 4.93. The first-order chi connectivity index (χ1) is 16.3. The van der Waals surface area contributed by atoms with E-state index in [0.717, 1.165) is 17.7 Å². The monoisotopic (exact) mass is 476 g/mol. The van der Waals surface area contributed by atoms with Crippen molar-refractivity contribution in [2.75, 3.05) is 4.90 Å². The second-order valence-corrected chi connectivity index (χ2v) is 9.80. The molecule has 1 spiro atoms. The van der Waals surface area contributed by atoms with Crippen molar-refractivity contribution in [2.45, 2.75) is 18.4 Å². The predicted octanol–water partition coefficient (Wildman–Crippen LogP) is 3.52. The van der Waals surface area contributed by atoms with Crippen LogP contribution < -0.4 is 9.08 Å². The minimum atomic E-state index is -4.54. The first-order valence-electron chi connectivity index (χ1n) is 10.6. The molecule has 0 saturated carbocycles. The summed E-state index contributed by atoms with van der Waals surface area (Å²) >= 11 is 0. The van der Waals surface area contributed by atoms with Crippen LogP contribution in [0.15, 0.2) is 78.9 Å². The van der Waals surface area contributed by atoms with Crippen molar-refractivity contribution in [1.82, 2.24) is 4.31 Å². The van der Waals surface area contributed by atoms with Crippen LogP contribution in [0.4, 0.5) is 10.1 Å². The number of nitrogens with zero attached hydrogens (tertiary/aromatic N) is 2. The van der Waals surface area contributed by atoms with Crippen molar-refractivity contribution in [3.63, 3.8) is 0 Å². The third kappa shape index (κ3) is 2.83. The van der Waals surface area contributed by atoms with Crippen LogP contribution in [0, 0.1) is 5.82 Å². The zero-order valence-corrected chi connectivity index (χ0v) is 18.5. The van der Waals surface area contributed by atoms with Crippen LogP contribution in [-0.2, 0) is 31.9 Å². The quantitative estimate of drug-likeness (QED) is 0.565. The molecule has 34 heavy (non-hydrogen) atoms. The van der Waals surface area contributed by atoms with Crippen molar-refractivity contribution in [3.8, 4) is 5.75 Å². The number of amides is 2. The number of hydrogen-bond acceptors (Lipinski definition) is 5. The van der Waals surface area contributed by atoms with Gasteiger partial charge in [-0.2, -0.15) is 12.7 Å². The fraction of sp³-hybridized carbons (Fsp3) is 0.120. The minimum Gasteiger partial charge on any atom is -0.366 e. The summed E-state index contributed by atoms with van der Waals surface area (Å²) in [6.07, 6.45) is 1.13. The summed E-state index contributed by atoms with van der Waals surface area (Å²) in [7, 11) is -4.54. The fourth-order valence-corrected chi connectivity index (χ4v) is 6.08. The number of halogens is 1. The molecule has 3 aliphatic rings. The lowest BCUT2D eigenvalue weighted by molar-refractivity contribution is -0.131. The summed E-state index contributed by atoms with van der Waals surface area (Å²) in [6.45, 7) is 0.294. The number of hydrogen-bond donors (Lipinski definition) is 0. The average Bonchev–Trinajstić information content (AvgIpc) is 3.01. The van der Waals surface area contributed by atoms with Gasteiger partial charge in [0.2, 0.25) is 11.8 Å². The van der Waals surface area contributed by atoms with Crippen LogP contribution in [-0.4, -0.2) is 24.5 Å². The third-order valence-corrected chi connectivity index (χ3v) is 7.62. The number of fused-ring (bicyclic) bond motifs is 5. The van der Waals surface area contributed by atoms with Gasteiger partial charge in [0.15, 0.2) is 5.75 Å². The zero-order chi connectivity index (χ0) is 23.7. The Morgan fingerprint density at radius 3 is 2.50 bits per heavy atom. The summed E-state index contributed by atoms with van der Waals surface area (Å²) in [6, 6.07) is 20.1. The number of anilines is 1. The summed E-state index contributed by atoms with van der Waals surface area (Å²) < 4.78 is 44.9. The van der Waals surface area contributed by atoms with Gasteiger partial charge < -0.3 is 9.08 Å². The molecule has 0 fully saturated rings. The molecule has 6 rings (SSSR count). The van der Waals surface area contributed by atoms with Gasteiger partial charge in [-0.3, -0.25) is 9.59 Å². The first-order valence-corrected chi connectivity index (χ1v) is 11.9. The standard InChI is InChI=1S/C25H17FN2O5S/c26-17-10-11-18-21-13-25(14-23(29)28(21)34(31,32)33-22(18)12-17)19-8-4-5-9-20(19)27(24(25)30)15-16-6-2-1-3-7-16/h1-13H,14-15H2/t25-/m1/s1. The molecule has 9 heteroatoms. The van der Waals surface area contributed by atoms with Gasteiger partial charge in [-0.25, -0.2) is 4.39 Å². The Kier molecular flexibility index (Phi) is 4.25. The molecule has 2 amide bonds. The highest BCUT2D eigenvalue weighted by Gasteiger charge is 2.56. The number of rotatable bonds is 2. The molecule has 0 aliphatic carbocycles. The molecule has 0 N–H and O–H groups in total. The van der Waals surface area contributed by atoms with Crippen molar-refractivity contribution in [2.24, 2.45) is 0 Å². The molecule has 1 atom stereocenters. The first kappa shape index (κ1) is 20.6. The van der Waals surface area contributed by atoms with Crippen LogP contribution in [0.3, 0.4) is 0 Å². The number of benzene rings is 3. The van der Waals surface area contributed by atoms with E-state index in [9.17, 15) is 22.4 Å². The maximum atomic E-state index is 14.0. The van der Waals surface area contributed by atoms with Crippen molar-refractivity contribution in [1.29, 1.82) is 0 Å². The van der Waals surface area contributed by atoms with Crippen LogP contribution in [0.25, 0.3) is 5.70 Å². The van der Waals surface area contributed by atoms with Crippen LogP contribution in [0.1, 0.15) is 23.1 Å². The molecule has 0 unspecified atom stereocenters. The van der Waals surface area contributed by atoms with Gasteiger partial charge in [0, 0.05) is 17.3 Å². The van der Waals surface area contributed by atoms with Crippen molar-refractivity contribution in [3.05, 3.63) is 101 Å². The van der Waals surface area contributed by atoms with Gasteiger partial charge in [-0.05, 0) is 35.4 Å². The van der Waals surface area contributed by atoms with Gasteiger partial charge in [-0.1, -0.05) is 48.5 Å². The molecule has 3 heterocycles. The molecule has 0 radical (unpaired) electrons. The number of carbonyl (C=O) groups is 2. The minimum absolute atomic E-state index is 0.0118. The van der Waals surface area contributed by atoms with Crippen LogP contribution in [0.5, 0.6) is 5.75 Å². The van der Waals surface area contributed by atoms with E-state index < -0.39 is 27.4 Å². The van der Waals surface area contributed by atoms with E-state index in [1.807, 2.05) is 42.5 Å². The van der Waals surface area contributed by atoms with E-state index in [4.69, 9.17) is 4.18 Å². The Morgan fingerprint density at radius 1 is 0.971 bits per heavy atom. The van der Waals surface area contributed by atoms with Gasteiger partial charge in [0.1, 0.15) is 11.2 Å². The van der Waals surface area contributed by atoms with Gasteiger partial charge in [-0.15, -0.1) is 0 Å². The van der Waals surface area contributed by atoms with E-state index in [1.165, 1.54) is 12.1 Å². The Labute approximate surface area is 194 Å². The lowest BCUT2D eigenvalue weighted by Gasteiger charge is -2.38. The Hall–Kier alpha value is -3.98. The van der Waals surface area contributed by atoms with E-state index in [2.05, 4.69) is 0 Å². The highest BCUT2D eigenvalue weighted by Crippen LogP contribution is 2.52. The molecule has 0 saturated heterocycles. The lowest BCUT2D eigenvalue weighted by Crippen LogP contribution is -2.51. The lowest BCUT2D eigenvalue weighted by atomic mass is 9.75. The molecule has 3 aromatic carbocycles. The Balaban J connectivity index is 1.56. The Morgan fingerprint density at radius 2 is 1.71 bits per heavy atom. The predicted molar refractivity (Wildman–Crippen MR) is 121 cm³/mol. The molecular weight excluding hydrogens is 459 g/mol. The maximum absolute atomic E-state index is 14.0. The van der Waals surface area contributed by atoms with Crippen molar-refractivity contribution < 1.29 is 26.6 Å². The van der Waals surface area contributed by atoms with E-state index in [-0.39, 0.29) is 29.3 Å². The third-order valence-electron chi connectivity index (χ3n) is 6.38. The van der Waals surface area contributed by atoms with Gasteiger partial charge in [0.05, 0.1) is 18.7 Å². The second-order valence-electron chi connectivity index (χ2n) is 8.41. The SMILES string of the molecule is O=C1C[C@@]2(C=C3c4ccc(F)cc4OS(=O)(=O)N13)C(=O)N(Cc1ccccc1)c1ccccc12. The summed E-state index contributed by atoms with van der Waals surface area (Å²) in [5.41, 5.74) is 0.992. The number of para-hydroxylation sites is 1. The largest absolute Gasteiger partial charge is 0.416 e. The summed E-state index contributed by atoms with van der Waals surface area (Å²) in [5, 5.41) is 0. The Bertz CT molecular complexity index is 1520. The molecule has 170 valence electrons. The van der Waals surface area contributed by atoms with Crippen LogP contribution >= 0.6 is 0 Å². The average molecular weight is 476 g/mol. The van der Waals surface area contributed by atoms with Gasteiger partial charge in [0.25, 0.3) is 0 Å². The number of carbonyl (C=O) groups excluding carboxylic acids is 2. The maximum Gasteiger partial charge on any atom is 0.416 e. The molecular formula is C25H17FN2O5S. The van der Waals surface area contributed by atoms with Crippen molar-refractivity contribution >= 4 is 33.5 Å². The highest BCUT2D eigenvalue weighted by atomic mass is 32.2. The smallest absolute Gasteiger partial charge is 0.366 e. The second kappa shape index (κ2) is 7.01. The summed E-state index contributed by atoms with van der Waals surface area (Å²) in [4.78, 5) is 28.9. The van der Waals surface area contributed by atoms with Gasteiger partial charge >= 0.3 is 10.3 Å². The normalized spacial score (nSPS) is 22.1. The molecule has 3 aliphatic heterocycles. The highest BCUT2D eigenvalue weighted by molar-refractivity contribution is 7.85. The zero-order valence-electron chi connectivity index (χ0n) is 17.6. The van der Waals surface area contributed by atoms with E-state index in [1.54, 1.807) is 17.0 Å². The van der Waals surface area contributed by atoms with E-state index >= 15 is 0 Å². The summed E-state index contributed by atoms with van der Waals surface area (Å²) in [5.74, 6) is -2.04. The molecule has 7 nitrogen and oxygen atoms in total. The molecule has 0 bridgehead atoms. The van der Waals surface area contributed by atoms with E-state index in [0.29, 0.717) is 22.1 Å². The topological polar surface area (TPSA) is 84.0 Å². The molecule has 0 aromatic heterocycles. The molecule has 3 aromatic rings. The van der Waals surface area contributed by atoms with Crippen LogP contribution in [0.2, 0.25) is 0 Å².